The molecule has 1 aliphatic carbocycles. The van der Waals surface area contributed by atoms with Crippen LogP contribution in [0.5, 0.6) is 5.75 Å². The van der Waals surface area contributed by atoms with E-state index in [0.29, 0.717) is 0 Å². The smallest absolute Gasteiger partial charge is 0.235 e. The molecule has 1 atom stereocenters. The number of carbonyl (C=O) groups is 1. The van der Waals surface area contributed by atoms with E-state index in [1.54, 1.807) is 7.11 Å². The lowest BCUT2D eigenvalue weighted by Crippen LogP contribution is -2.39. The van der Waals surface area contributed by atoms with Crippen LogP contribution in [0.2, 0.25) is 0 Å². The van der Waals surface area contributed by atoms with Gasteiger partial charge in [0.15, 0.2) is 0 Å². The number of fused-ring (bicyclic) bond motifs is 1. The van der Waals surface area contributed by atoms with Gasteiger partial charge in [-0.3, -0.25) is 4.79 Å². The quantitative estimate of drug-likeness (QED) is 0.836. The molecule has 0 radical (unpaired) electrons. The summed E-state index contributed by atoms with van der Waals surface area (Å²) in [6.07, 6.45) is 2.75. The largest absolute Gasteiger partial charge is 0.496 e. The van der Waals surface area contributed by atoms with E-state index in [-0.39, 0.29) is 17.8 Å². The van der Waals surface area contributed by atoms with E-state index in [9.17, 15) is 4.79 Å². The highest BCUT2D eigenvalue weighted by molar-refractivity contribution is 6.27. The number of aryl methyl sites for hydroxylation is 1. The third-order valence-electron chi connectivity index (χ3n) is 3.15. The molecule has 1 aromatic carbocycles. The van der Waals surface area contributed by atoms with Gasteiger partial charge < -0.3 is 10.1 Å². The number of ether oxygens (including phenoxy) is 1. The summed E-state index contributed by atoms with van der Waals surface area (Å²) in [4.78, 5) is 11.3. The second kappa shape index (κ2) is 5.41. The van der Waals surface area contributed by atoms with E-state index in [4.69, 9.17) is 16.3 Å². The number of hydrogen-bond donors (Lipinski definition) is 1. The molecule has 1 aliphatic rings. The van der Waals surface area contributed by atoms with Gasteiger partial charge in [-0.25, -0.2) is 0 Å². The fraction of sp³-hybridized carbons (Fsp3) is 0.462. The fourth-order valence-corrected chi connectivity index (χ4v) is 2.41. The van der Waals surface area contributed by atoms with Crippen molar-refractivity contribution in [3.05, 3.63) is 29.3 Å². The van der Waals surface area contributed by atoms with Crippen molar-refractivity contribution in [1.82, 2.24) is 5.32 Å². The number of methoxy groups -OCH3 is 1. The normalized spacial score (nSPS) is 18.4. The number of hydrogen-bond acceptors (Lipinski definition) is 2. The Balaban J connectivity index is 2.14. The van der Waals surface area contributed by atoms with Crippen molar-refractivity contribution in [3.8, 4) is 5.75 Å². The van der Waals surface area contributed by atoms with Crippen LogP contribution in [0.25, 0.3) is 0 Å². The molecule has 0 heterocycles. The van der Waals surface area contributed by atoms with Gasteiger partial charge >= 0.3 is 0 Å². The maximum Gasteiger partial charge on any atom is 0.235 e. The van der Waals surface area contributed by atoms with Crippen molar-refractivity contribution in [2.75, 3.05) is 13.0 Å². The van der Waals surface area contributed by atoms with Crippen LogP contribution in [0.1, 0.15) is 17.5 Å². The number of alkyl halides is 1. The molecular formula is C13H16ClNO2. The maximum absolute atomic E-state index is 11.3. The van der Waals surface area contributed by atoms with Gasteiger partial charge in [0, 0.05) is 6.04 Å². The van der Waals surface area contributed by atoms with Gasteiger partial charge in [0.2, 0.25) is 5.91 Å². The Hall–Kier alpha value is -1.22. The van der Waals surface area contributed by atoms with Crippen LogP contribution in [-0.4, -0.2) is 24.9 Å². The molecule has 0 aromatic heterocycles. The summed E-state index contributed by atoms with van der Waals surface area (Å²) in [5.41, 5.74) is 2.53. The first-order chi connectivity index (χ1) is 8.24. The lowest BCUT2D eigenvalue weighted by molar-refractivity contribution is -0.119. The molecule has 1 aromatic rings. The zero-order valence-corrected chi connectivity index (χ0v) is 10.6. The minimum atomic E-state index is -0.102. The highest BCUT2D eigenvalue weighted by atomic mass is 35.5. The maximum atomic E-state index is 11.3. The molecule has 2 rings (SSSR count). The first kappa shape index (κ1) is 12.2. The Morgan fingerprint density at radius 1 is 1.59 bits per heavy atom. The number of halogens is 1. The van der Waals surface area contributed by atoms with Gasteiger partial charge in [-0.15, -0.1) is 11.6 Å². The standard InChI is InChI=1S/C13H16ClNO2/c1-17-12-4-2-3-9-5-6-10(7-11(9)12)15-13(16)8-14/h2-4,10H,5-8H2,1H3,(H,15,16)/t10-/m1/s1. The summed E-state index contributed by atoms with van der Waals surface area (Å²) >= 11 is 5.49. The molecule has 0 unspecified atom stereocenters. The number of benzene rings is 1. The van der Waals surface area contributed by atoms with Gasteiger partial charge in [-0.1, -0.05) is 12.1 Å². The molecule has 0 bridgehead atoms. The van der Waals surface area contributed by atoms with E-state index in [1.807, 2.05) is 12.1 Å². The summed E-state index contributed by atoms with van der Waals surface area (Å²) in [5, 5.41) is 2.93. The topological polar surface area (TPSA) is 38.3 Å². The molecule has 17 heavy (non-hydrogen) atoms. The van der Waals surface area contributed by atoms with Crippen molar-refractivity contribution in [2.45, 2.75) is 25.3 Å². The van der Waals surface area contributed by atoms with Crippen LogP contribution in [0.3, 0.4) is 0 Å². The molecule has 1 amide bonds. The van der Waals surface area contributed by atoms with Gasteiger partial charge in [0.05, 0.1) is 7.11 Å². The van der Waals surface area contributed by atoms with Crippen molar-refractivity contribution in [2.24, 2.45) is 0 Å². The minimum absolute atomic E-state index is 0.0231. The van der Waals surface area contributed by atoms with Gasteiger partial charge in [0.1, 0.15) is 11.6 Å². The molecule has 3 nitrogen and oxygen atoms in total. The first-order valence-corrected chi connectivity index (χ1v) is 6.28. The van der Waals surface area contributed by atoms with Crippen molar-refractivity contribution in [1.29, 1.82) is 0 Å². The Labute approximate surface area is 106 Å². The number of rotatable bonds is 3. The Kier molecular flexibility index (Phi) is 3.89. The van der Waals surface area contributed by atoms with Crippen molar-refractivity contribution >= 4 is 17.5 Å². The van der Waals surface area contributed by atoms with Crippen molar-refractivity contribution in [3.63, 3.8) is 0 Å². The second-order valence-electron chi connectivity index (χ2n) is 4.24. The number of nitrogens with one attached hydrogen (secondary N) is 1. The van der Waals surface area contributed by atoms with E-state index in [2.05, 4.69) is 11.4 Å². The van der Waals surface area contributed by atoms with E-state index >= 15 is 0 Å². The molecule has 0 saturated heterocycles. The average molecular weight is 254 g/mol. The molecule has 0 fully saturated rings. The highest BCUT2D eigenvalue weighted by Crippen LogP contribution is 2.29. The Morgan fingerprint density at radius 3 is 3.12 bits per heavy atom. The van der Waals surface area contributed by atoms with Crippen molar-refractivity contribution < 1.29 is 9.53 Å². The predicted octanol–water partition coefficient (Wildman–Crippen LogP) is 1.91. The zero-order chi connectivity index (χ0) is 12.3. The molecule has 0 aliphatic heterocycles. The Morgan fingerprint density at radius 2 is 2.41 bits per heavy atom. The summed E-state index contributed by atoms with van der Waals surface area (Å²) in [6.45, 7) is 0. The third kappa shape index (κ3) is 2.72. The molecule has 1 N–H and O–H groups in total. The predicted molar refractivity (Wildman–Crippen MR) is 67.7 cm³/mol. The zero-order valence-electron chi connectivity index (χ0n) is 9.83. The number of amides is 1. The number of carbonyl (C=O) groups excluding carboxylic acids is 1. The molecule has 0 saturated carbocycles. The van der Waals surface area contributed by atoms with Crippen LogP contribution < -0.4 is 10.1 Å². The highest BCUT2D eigenvalue weighted by Gasteiger charge is 2.22. The van der Waals surface area contributed by atoms with Crippen LogP contribution in [0.4, 0.5) is 0 Å². The fourth-order valence-electron chi connectivity index (χ4n) is 2.34. The average Bonchev–Trinajstić information content (AvgIpc) is 2.37. The minimum Gasteiger partial charge on any atom is -0.496 e. The van der Waals surface area contributed by atoms with Gasteiger partial charge in [0.25, 0.3) is 0 Å². The Bertz CT molecular complexity index is 406. The molecule has 0 spiro atoms. The first-order valence-electron chi connectivity index (χ1n) is 5.74. The van der Waals surface area contributed by atoms with Crippen LogP contribution in [0, 0.1) is 0 Å². The summed E-state index contributed by atoms with van der Waals surface area (Å²) in [5.74, 6) is 0.831. The second-order valence-corrected chi connectivity index (χ2v) is 4.51. The van der Waals surface area contributed by atoms with E-state index in [1.165, 1.54) is 11.1 Å². The van der Waals surface area contributed by atoms with E-state index in [0.717, 1.165) is 25.0 Å². The molecule has 4 heteroatoms. The third-order valence-corrected chi connectivity index (χ3v) is 3.39. The summed E-state index contributed by atoms with van der Waals surface area (Å²) in [7, 11) is 1.68. The monoisotopic (exact) mass is 253 g/mol. The lowest BCUT2D eigenvalue weighted by Gasteiger charge is -2.26. The summed E-state index contributed by atoms with van der Waals surface area (Å²) in [6, 6.07) is 6.27. The molecular weight excluding hydrogens is 238 g/mol. The lowest BCUT2D eigenvalue weighted by atomic mass is 9.87. The van der Waals surface area contributed by atoms with Gasteiger partial charge in [-0.05, 0) is 36.5 Å². The van der Waals surface area contributed by atoms with Crippen LogP contribution in [0.15, 0.2) is 18.2 Å². The SMILES string of the molecule is COc1cccc2c1C[C@H](NC(=O)CCl)CC2. The van der Waals surface area contributed by atoms with Crippen LogP contribution >= 0.6 is 11.6 Å². The van der Waals surface area contributed by atoms with E-state index < -0.39 is 0 Å². The van der Waals surface area contributed by atoms with Crippen LogP contribution in [-0.2, 0) is 17.6 Å². The molecule has 92 valence electrons. The van der Waals surface area contributed by atoms with Gasteiger partial charge in [-0.2, -0.15) is 0 Å². The summed E-state index contributed by atoms with van der Waals surface area (Å²) < 4.78 is 5.35.